The van der Waals surface area contributed by atoms with Crippen molar-refractivity contribution in [3.8, 4) is 11.3 Å². The molecule has 24 heavy (non-hydrogen) atoms. The summed E-state index contributed by atoms with van der Waals surface area (Å²) < 4.78 is 3.03. The summed E-state index contributed by atoms with van der Waals surface area (Å²) in [6, 6.07) is 3.15. The number of hydrogen-bond acceptors (Lipinski definition) is 5. The minimum atomic E-state index is -0.445. The normalized spacial score (nSPS) is 10.6. The quantitative estimate of drug-likeness (QED) is 0.754. The fraction of sp³-hybridized carbons (Fsp3) is 0.188. The molecule has 8 heteroatoms. The number of amides is 1. The van der Waals surface area contributed by atoms with Crippen LogP contribution in [-0.4, -0.2) is 30.2 Å². The Balaban J connectivity index is 1.81. The minimum absolute atomic E-state index is 0.0896. The van der Waals surface area contributed by atoms with Crippen molar-refractivity contribution in [2.75, 3.05) is 0 Å². The van der Waals surface area contributed by atoms with Crippen LogP contribution in [0, 0.1) is 0 Å². The lowest BCUT2D eigenvalue weighted by atomic mass is 10.2. The summed E-state index contributed by atoms with van der Waals surface area (Å²) in [6.07, 6.45) is 8.25. The van der Waals surface area contributed by atoms with Crippen LogP contribution in [0.1, 0.15) is 16.1 Å². The van der Waals surface area contributed by atoms with Gasteiger partial charge >= 0.3 is 0 Å². The maximum absolute atomic E-state index is 12.3. The molecule has 3 heterocycles. The van der Waals surface area contributed by atoms with Crippen LogP contribution in [-0.2, 0) is 20.6 Å². The van der Waals surface area contributed by atoms with Gasteiger partial charge in [0.25, 0.3) is 11.5 Å². The van der Waals surface area contributed by atoms with Crippen molar-refractivity contribution in [3.05, 3.63) is 64.7 Å². The van der Waals surface area contributed by atoms with E-state index in [1.165, 1.54) is 10.6 Å². The maximum atomic E-state index is 12.3. The van der Waals surface area contributed by atoms with Crippen molar-refractivity contribution in [1.29, 1.82) is 0 Å². The summed E-state index contributed by atoms with van der Waals surface area (Å²) in [7, 11) is 3.41. The van der Waals surface area contributed by atoms with Gasteiger partial charge in [-0.3, -0.25) is 24.2 Å². The van der Waals surface area contributed by atoms with Gasteiger partial charge in [-0.15, -0.1) is 0 Å². The van der Waals surface area contributed by atoms with E-state index in [9.17, 15) is 9.59 Å². The number of nitrogens with zero attached hydrogens (tertiary/aromatic N) is 5. The minimum Gasteiger partial charge on any atom is -0.346 e. The summed E-state index contributed by atoms with van der Waals surface area (Å²) in [5.74, 6) is -0.445. The van der Waals surface area contributed by atoms with Gasteiger partial charge in [0.05, 0.1) is 24.1 Å². The van der Waals surface area contributed by atoms with Crippen molar-refractivity contribution < 1.29 is 4.79 Å². The summed E-state index contributed by atoms with van der Waals surface area (Å²) >= 11 is 0. The van der Waals surface area contributed by atoms with E-state index in [4.69, 9.17) is 0 Å². The number of nitrogens with one attached hydrogen (secondary N) is 1. The molecule has 3 aromatic heterocycles. The number of carbonyl (C=O) groups excluding carboxylic acids is 1. The predicted molar refractivity (Wildman–Crippen MR) is 87.1 cm³/mol. The number of pyridine rings is 1. The first-order valence-corrected chi connectivity index (χ1v) is 7.29. The predicted octanol–water partition coefficient (Wildman–Crippen LogP) is 0.506. The van der Waals surface area contributed by atoms with E-state index in [1.54, 1.807) is 42.6 Å². The molecule has 0 aromatic carbocycles. The Morgan fingerprint density at radius 3 is 2.79 bits per heavy atom. The first kappa shape index (κ1) is 15.6. The van der Waals surface area contributed by atoms with Gasteiger partial charge < -0.3 is 9.88 Å². The molecule has 3 rings (SSSR count). The van der Waals surface area contributed by atoms with Crippen LogP contribution in [0.5, 0.6) is 0 Å². The highest BCUT2D eigenvalue weighted by molar-refractivity contribution is 5.93. The Hall–Kier alpha value is -3.29. The highest BCUT2D eigenvalue weighted by Gasteiger charge is 2.14. The highest BCUT2D eigenvalue weighted by atomic mass is 16.2. The molecule has 0 bridgehead atoms. The zero-order valence-corrected chi connectivity index (χ0v) is 13.3. The Morgan fingerprint density at radius 2 is 2.04 bits per heavy atom. The second-order valence-electron chi connectivity index (χ2n) is 5.27. The molecule has 0 spiro atoms. The second-order valence-corrected chi connectivity index (χ2v) is 5.27. The fourth-order valence-electron chi connectivity index (χ4n) is 2.31. The topological polar surface area (TPSA) is 94.7 Å². The smallest absolute Gasteiger partial charge is 0.263 e. The number of aryl methyl sites for hydroxylation is 2. The molecule has 3 aromatic rings. The molecule has 0 aliphatic heterocycles. The van der Waals surface area contributed by atoms with Crippen molar-refractivity contribution >= 4 is 5.91 Å². The lowest BCUT2D eigenvalue weighted by Gasteiger charge is -2.08. The Morgan fingerprint density at radius 1 is 1.25 bits per heavy atom. The molecule has 0 saturated heterocycles. The highest BCUT2D eigenvalue weighted by Crippen LogP contribution is 2.18. The van der Waals surface area contributed by atoms with E-state index in [0.29, 0.717) is 11.4 Å². The average molecular weight is 324 g/mol. The maximum Gasteiger partial charge on any atom is 0.263 e. The molecule has 0 radical (unpaired) electrons. The Labute approximate surface area is 137 Å². The third kappa shape index (κ3) is 3.07. The zero-order chi connectivity index (χ0) is 17.1. The number of aromatic nitrogens is 5. The molecule has 0 aliphatic rings. The first-order valence-electron chi connectivity index (χ1n) is 7.29. The van der Waals surface area contributed by atoms with Crippen LogP contribution in [0.15, 0.2) is 47.9 Å². The average Bonchev–Trinajstić information content (AvgIpc) is 3.02. The molecule has 8 nitrogen and oxygen atoms in total. The molecule has 1 amide bonds. The monoisotopic (exact) mass is 324 g/mol. The Kier molecular flexibility index (Phi) is 4.19. The van der Waals surface area contributed by atoms with Crippen molar-refractivity contribution in [2.45, 2.75) is 6.54 Å². The van der Waals surface area contributed by atoms with Crippen molar-refractivity contribution in [2.24, 2.45) is 14.1 Å². The number of hydrogen-bond donors (Lipinski definition) is 1. The largest absolute Gasteiger partial charge is 0.346 e. The van der Waals surface area contributed by atoms with E-state index in [1.807, 2.05) is 13.2 Å². The van der Waals surface area contributed by atoms with E-state index in [2.05, 4.69) is 20.4 Å². The van der Waals surface area contributed by atoms with Crippen LogP contribution in [0.3, 0.4) is 0 Å². The van der Waals surface area contributed by atoms with Crippen LogP contribution in [0.2, 0.25) is 0 Å². The van der Waals surface area contributed by atoms with Gasteiger partial charge in [-0.1, -0.05) is 0 Å². The molecule has 0 aliphatic carbocycles. The summed E-state index contributed by atoms with van der Waals surface area (Å²) in [5.41, 5.74) is 1.80. The molecule has 0 atom stereocenters. The standard InChI is InChI=1S/C16H16N6O2/c1-21-7-3-4-12(16(21)24)15(23)19-9-13-14(18-6-5-17-13)11-8-20-22(2)10-11/h3-8,10H,9H2,1-2H3,(H,19,23). The van der Waals surface area contributed by atoms with E-state index in [-0.39, 0.29) is 17.7 Å². The van der Waals surface area contributed by atoms with Gasteiger partial charge in [0, 0.05) is 44.4 Å². The Bertz CT molecular complexity index is 943. The van der Waals surface area contributed by atoms with Crippen LogP contribution >= 0.6 is 0 Å². The van der Waals surface area contributed by atoms with Gasteiger partial charge in [-0.05, 0) is 12.1 Å². The van der Waals surface area contributed by atoms with Gasteiger partial charge in [0.1, 0.15) is 5.56 Å². The first-order chi connectivity index (χ1) is 11.6. The summed E-state index contributed by atoms with van der Waals surface area (Å²) in [5, 5.41) is 6.83. The summed E-state index contributed by atoms with van der Waals surface area (Å²) in [6.45, 7) is 0.162. The lowest BCUT2D eigenvalue weighted by Crippen LogP contribution is -2.31. The van der Waals surface area contributed by atoms with Gasteiger partial charge in [0.2, 0.25) is 0 Å². The second kappa shape index (κ2) is 6.45. The molecule has 0 unspecified atom stereocenters. The number of rotatable bonds is 4. The van der Waals surface area contributed by atoms with Crippen molar-refractivity contribution in [3.63, 3.8) is 0 Å². The van der Waals surface area contributed by atoms with Crippen molar-refractivity contribution in [1.82, 2.24) is 29.6 Å². The molecule has 122 valence electrons. The molecule has 0 saturated carbocycles. The summed E-state index contributed by atoms with van der Waals surface area (Å²) in [4.78, 5) is 32.8. The van der Waals surface area contributed by atoms with Gasteiger partial charge in [-0.25, -0.2) is 0 Å². The van der Waals surface area contributed by atoms with Crippen LogP contribution in [0.25, 0.3) is 11.3 Å². The van der Waals surface area contributed by atoms with Crippen LogP contribution < -0.4 is 10.9 Å². The van der Waals surface area contributed by atoms with Gasteiger partial charge in [-0.2, -0.15) is 5.10 Å². The van der Waals surface area contributed by atoms with Crippen LogP contribution in [0.4, 0.5) is 0 Å². The number of carbonyl (C=O) groups is 1. The van der Waals surface area contributed by atoms with Gasteiger partial charge in [0.15, 0.2) is 0 Å². The van der Waals surface area contributed by atoms with E-state index < -0.39 is 5.91 Å². The van der Waals surface area contributed by atoms with E-state index >= 15 is 0 Å². The third-order valence-corrected chi connectivity index (χ3v) is 3.54. The SMILES string of the molecule is Cn1cc(-c2nccnc2CNC(=O)c2cccn(C)c2=O)cn1. The molecule has 1 N–H and O–H groups in total. The fourth-order valence-corrected chi connectivity index (χ4v) is 2.31. The molecular formula is C16H16N6O2. The lowest BCUT2D eigenvalue weighted by molar-refractivity contribution is 0.0948. The third-order valence-electron chi connectivity index (χ3n) is 3.54. The molecule has 0 fully saturated rings. The van der Waals surface area contributed by atoms with E-state index in [0.717, 1.165) is 5.56 Å². The zero-order valence-electron chi connectivity index (χ0n) is 13.3. The molecular weight excluding hydrogens is 308 g/mol.